The molecule has 0 atom stereocenters. The fraction of sp³-hybridized carbons (Fsp3) is 0.158. The van der Waals surface area contributed by atoms with Gasteiger partial charge in [-0.1, -0.05) is 18.2 Å². The molecule has 3 rings (SSSR count). The van der Waals surface area contributed by atoms with Crippen LogP contribution in [0.2, 0.25) is 0 Å². The highest BCUT2D eigenvalue weighted by atomic mass is 32.1. The fourth-order valence-electron chi connectivity index (χ4n) is 2.27. The number of anilines is 2. The molecule has 6 heteroatoms. The first-order chi connectivity index (χ1) is 12.3. The number of carbonyl (C=O) groups excluding carboxylic acids is 1. The van der Waals surface area contributed by atoms with Gasteiger partial charge in [0, 0.05) is 11.1 Å². The molecule has 0 radical (unpaired) electrons. The summed E-state index contributed by atoms with van der Waals surface area (Å²) in [7, 11) is 0. The van der Waals surface area contributed by atoms with Crippen LogP contribution in [0.3, 0.4) is 0 Å². The Bertz CT molecular complexity index is 817. The monoisotopic (exact) mass is 353 g/mol. The van der Waals surface area contributed by atoms with Gasteiger partial charge in [-0.05, 0) is 42.6 Å². The van der Waals surface area contributed by atoms with Gasteiger partial charge in [0.2, 0.25) is 0 Å². The SMILES string of the molecule is CCOc1ccccc1Nc1ccc(C(=O)NCc2cccs2)cn1. The van der Waals surface area contributed by atoms with E-state index in [1.54, 1.807) is 29.7 Å². The highest BCUT2D eigenvalue weighted by Gasteiger charge is 2.08. The van der Waals surface area contributed by atoms with Crippen LogP contribution >= 0.6 is 11.3 Å². The van der Waals surface area contributed by atoms with Gasteiger partial charge in [0.25, 0.3) is 5.91 Å². The maximum Gasteiger partial charge on any atom is 0.253 e. The molecule has 0 spiro atoms. The first-order valence-corrected chi connectivity index (χ1v) is 8.89. The number of benzene rings is 1. The molecule has 0 unspecified atom stereocenters. The van der Waals surface area contributed by atoms with E-state index < -0.39 is 0 Å². The molecule has 2 N–H and O–H groups in total. The molecule has 1 aromatic carbocycles. The lowest BCUT2D eigenvalue weighted by Crippen LogP contribution is -2.22. The second-order valence-corrected chi connectivity index (χ2v) is 6.28. The molecule has 0 saturated heterocycles. The third-order valence-electron chi connectivity index (χ3n) is 3.48. The van der Waals surface area contributed by atoms with Gasteiger partial charge < -0.3 is 15.4 Å². The zero-order chi connectivity index (χ0) is 17.5. The quantitative estimate of drug-likeness (QED) is 0.668. The lowest BCUT2D eigenvalue weighted by Gasteiger charge is -2.11. The van der Waals surface area contributed by atoms with Gasteiger partial charge in [0.1, 0.15) is 11.6 Å². The molecule has 5 nitrogen and oxygen atoms in total. The highest BCUT2D eigenvalue weighted by Crippen LogP contribution is 2.26. The maximum absolute atomic E-state index is 12.2. The van der Waals surface area contributed by atoms with Crippen molar-refractivity contribution in [2.24, 2.45) is 0 Å². The number of hydrogen-bond donors (Lipinski definition) is 2. The molecular weight excluding hydrogens is 334 g/mol. The van der Waals surface area contributed by atoms with Gasteiger partial charge in [-0.25, -0.2) is 4.98 Å². The van der Waals surface area contributed by atoms with E-state index in [1.807, 2.05) is 48.7 Å². The Balaban J connectivity index is 1.63. The molecule has 1 amide bonds. The van der Waals surface area contributed by atoms with E-state index in [4.69, 9.17) is 4.74 Å². The number of aromatic nitrogens is 1. The van der Waals surface area contributed by atoms with Crippen LogP contribution in [-0.2, 0) is 6.54 Å². The van der Waals surface area contributed by atoms with Crippen molar-refractivity contribution in [2.45, 2.75) is 13.5 Å². The minimum absolute atomic E-state index is 0.137. The average Bonchev–Trinajstić information content (AvgIpc) is 3.16. The molecule has 0 aliphatic carbocycles. The van der Waals surface area contributed by atoms with Gasteiger partial charge in [-0.3, -0.25) is 4.79 Å². The summed E-state index contributed by atoms with van der Waals surface area (Å²) < 4.78 is 5.59. The Morgan fingerprint density at radius 1 is 1.16 bits per heavy atom. The van der Waals surface area contributed by atoms with Gasteiger partial charge >= 0.3 is 0 Å². The second kappa shape index (κ2) is 8.30. The van der Waals surface area contributed by atoms with Crippen molar-refractivity contribution in [3.05, 3.63) is 70.5 Å². The fourth-order valence-corrected chi connectivity index (χ4v) is 2.92. The lowest BCUT2D eigenvalue weighted by atomic mass is 10.2. The van der Waals surface area contributed by atoms with Crippen LogP contribution in [0.5, 0.6) is 5.75 Å². The third kappa shape index (κ3) is 4.58. The molecule has 0 aliphatic rings. The van der Waals surface area contributed by atoms with Gasteiger partial charge in [0.05, 0.1) is 24.4 Å². The van der Waals surface area contributed by atoms with E-state index in [2.05, 4.69) is 15.6 Å². The number of para-hydroxylation sites is 2. The lowest BCUT2D eigenvalue weighted by molar-refractivity contribution is 0.0951. The summed E-state index contributed by atoms with van der Waals surface area (Å²) in [6, 6.07) is 15.2. The molecule has 0 saturated carbocycles. The molecule has 2 heterocycles. The summed E-state index contributed by atoms with van der Waals surface area (Å²) in [5, 5.41) is 8.09. The number of ether oxygens (including phenoxy) is 1. The zero-order valence-electron chi connectivity index (χ0n) is 13.9. The zero-order valence-corrected chi connectivity index (χ0v) is 14.7. The number of amides is 1. The number of carbonyl (C=O) groups is 1. The largest absolute Gasteiger partial charge is 0.492 e. The number of thiophene rings is 1. The molecule has 0 bridgehead atoms. The van der Waals surface area contributed by atoms with Crippen LogP contribution in [-0.4, -0.2) is 17.5 Å². The van der Waals surface area contributed by atoms with E-state index in [1.165, 1.54) is 0 Å². The maximum atomic E-state index is 12.2. The van der Waals surface area contributed by atoms with Crippen molar-refractivity contribution in [2.75, 3.05) is 11.9 Å². The van der Waals surface area contributed by atoms with E-state index in [-0.39, 0.29) is 5.91 Å². The second-order valence-electron chi connectivity index (χ2n) is 5.25. The summed E-state index contributed by atoms with van der Waals surface area (Å²) in [5.74, 6) is 1.29. The number of nitrogens with one attached hydrogen (secondary N) is 2. The van der Waals surface area contributed by atoms with Crippen molar-refractivity contribution in [1.29, 1.82) is 0 Å². The number of hydrogen-bond acceptors (Lipinski definition) is 5. The van der Waals surface area contributed by atoms with Crippen LogP contribution in [0.1, 0.15) is 22.2 Å². The topological polar surface area (TPSA) is 63.2 Å². The Morgan fingerprint density at radius 3 is 2.76 bits per heavy atom. The summed E-state index contributed by atoms with van der Waals surface area (Å²) in [6.07, 6.45) is 1.56. The Morgan fingerprint density at radius 2 is 2.04 bits per heavy atom. The van der Waals surface area contributed by atoms with E-state index >= 15 is 0 Å². The third-order valence-corrected chi connectivity index (χ3v) is 4.35. The summed E-state index contributed by atoms with van der Waals surface area (Å²) in [6.45, 7) is 3.06. The van der Waals surface area contributed by atoms with Crippen LogP contribution in [0.4, 0.5) is 11.5 Å². The van der Waals surface area contributed by atoms with Gasteiger partial charge in [0.15, 0.2) is 0 Å². The Labute approximate surface area is 150 Å². The van der Waals surface area contributed by atoms with E-state index in [9.17, 15) is 4.79 Å². The van der Waals surface area contributed by atoms with Crippen LogP contribution < -0.4 is 15.4 Å². The average molecular weight is 353 g/mol. The summed E-state index contributed by atoms with van der Waals surface area (Å²) >= 11 is 1.62. The minimum Gasteiger partial charge on any atom is -0.492 e. The predicted octanol–water partition coefficient (Wildman–Crippen LogP) is 4.22. The first kappa shape index (κ1) is 17.0. The van der Waals surface area contributed by atoms with Gasteiger partial charge in [-0.2, -0.15) is 0 Å². The molecule has 3 aromatic rings. The van der Waals surface area contributed by atoms with E-state index in [0.29, 0.717) is 24.5 Å². The van der Waals surface area contributed by atoms with E-state index in [0.717, 1.165) is 16.3 Å². The van der Waals surface area contributed by atoms with Crippen molar-refractivity contribution >= 4 is 28.7 Å². The van der Waals surface area contributed by atoms with Gasteiger partial charge in [-0.15, -0.1) is 11.3 Å². The predicted molar refractivity (Wildman–Crippen MR) is 101 cm³/mol. The molecule has 2 aromatic heterocycles. The number of nitrogens with zero attached hydrogens (tertiary/aromatic N) is 1. The molecule has 0 fully saturated rings. The molecule has 128 valence electrons. The molecule has 25 heavy (non-hydrogen) atoms. The number of pyridine rings is 1. The van der Waals surface area contributed by atoms with Crippen molar-refractivity contribution < 1.29 is 9.53 Å². The molecule has 0 aliphatic heterocycles. The van der Waals surface area contributed by atoms with Crippen molar-refractivity contribution in [3.63, 3.8) is 0 Å². The van der Waals surface area contributed by atoms with Crippen molar-refractivity contribution in [3.8, 4) is 5.75 Å². The van der Waals surface area contributed by atoms with Crippen molar-refractivity contribution in [1.82, 2.24) is 10.3 Å². The Kier molecular flexibility index (Phi) is 5.64. The Hall–Kier alpha value is -2.86. The first-order valence-electron chi connectivity index (χ1n) is 8.01. The molecular formula is C19H19N3O2S. The van der Waals surface area contributed by atoms with Crippen LogP contribution in [0, 0.1) is 0 Å². The van der Waals surface area contributed by atoms with Crippen LogP contribution in [0.25, 0.3) is 0 Å². The number of rotatable bonds is 7. The normalized spacial score (nSPS) is 10.3. The summed E-state index contributed by atoms with van der Waals surface area (Å²) in [4.78, 5) is 17.6. The standard InChI is InChI=1S/C19H19N3O2S/c1-2-24-17-8-4-3-7-16(17)22-18-10-9-14(12-20-18)19(23)21-13-15-6-5-11-25-15/h3-12H,2,13H2,1H3,(H,20,22)(H,21,23). The minimum atomic E-state index is -0.137. The highest BCUT2D eigenvalue weighted by molar-refractivity contribution is 7.09. The smallest absolute Gasteiger partial charge is 0.253 e. The summed E-state index contributed by atoms with van der Waals surface area (Å²) in [5.41, 5.74) is 1.37. The van der Waals surface area contributed by atoms with Crippen LogP contribution in [0.15, 0.2) is 60.1 Å².